The Balaban J connectivity index is 2.08. The van der Waals surface area contributed by atoms with E-state index in [2.05, 4.69) is 19.2 Å². The van der Waals surface area contributed by atoms with Crippen LogP contribution in [0, 0.1) is 11.8 Å². The van der Waals surface area contributed by atoms with Crippen molar-refractivity contribution in [1.29, 1.82) is 0 Å². The summed E-state index contributed by atoms with van der Waals surface area (Å²) in [5.74, 6) is 0.914. The van der Waals surface area contributed by atoms with Gasteiger partial charge >= 0.3 is 0 Å². The maximum atomic E-state index is 11.8. The predicted octanol–water partition coefficient (Wildman–Crippen LogP) is 2.56. The second-order valence-electron chi connectivity index (χ2n) is 5.78. The normalized spacial score (nSPS) is 23.2. The van der Waals surface area contributed by atoms with Gasteiger partial charge in [0, 0.05) is 25.3 Å². The Hall–Kier alpha value is -1.07. The van der Waals surface area contributed by atoms with E-state index in [0.717, 1.165) is 19.6 Å². The Morgan fingerprint density at radius 3 is 2.70 bits per heavy atom. The molecule has 0 unspecified atom stereocenters. The third-order valence-corrected chi connectivity index (χ3v) is 4.92. The zero-order valence-electron chi connectivity index (χ0n) is 12.3. The number of sulfone groups is 1. The van der Waals surface area contributed by atoms with Gasteiger partial charge in [0.25, 0.3) is 0 Å². The average Bonchev–Trinajstić information content (AvgIpc) is 2.84. The highest BCUT2D eigenvalue weighted by molar-refractivity contribution is 7.90. The highest BCUT2D eigenvalue weighted by atomic mass is 32.2. The maximum Gasteiger partial charge on any atom is 0.177 e. The summed E-state index contributed by atoms with van der Waals surface area (Å²) in [6.07, 6.45) is 2.52. The highest BCUT2D eigenvalue weighted by Crippen LogP contribution is 2.28. The summed E-state index contributed by atoms with van der Waals surface area (Å²) >= 11 is 0. The van der Waals surface area contributed by atoms with Crippen LogP contribution in [-0.2, 0) is 14.6 Å². The molecule has 5 heteroatoms. The molecule has 1 aromatic rings. The molecule has 1 aliphatic heterocycles. The summed E-state index contributed by atoms with van der Waals surface area (Å²) in [6.45, 7) is 5.86. The lowest BCUT2D eigenvalue weighted by atomic mass is 9.93. The Morgan fingerprint density at radius 2 is 2.05 bits per heavy atom. The number of rotatable bonds is 5. The van der Waals surface area contributed by atoms with Crippen LogP contribution in [0.2, 0.25) is 0 Å². The van der Waals surface area contributed by atoms with Crippen molar-refractivity contribution in [3.63, 3.8) is 0 Å². The van der Waals surface area contributed by atoms with Crippen LogP contribution in [-0.4, -0.2) is 33.9 Å². The summed E-state index contributed by atoms with van der Waals surface area (Å²) < 4.78 is 29.3. The SMILES string of the molecule is CC(C)[C@H]1OCC[C@@H]1CNc1ccccc1S(C)(=O)=O. The number of hydrogen-bond acceptors (Lipinski definition) is 4. The first-order valence-corrected chi connectivity index (χ1v) is 8.93. The molecule has 0 radical (unpaired) electrons. The summed E-state index contributed by atoms with van der Waals surface area (Å²) in [7, 11) is -3.20. The monoisotopic (exact) mass is 297 g/mol. The van der Waals surface area contributed by atoms with Gasteiger partial charge in [-0.05, 0) is 24.5 Å². The van der Waals surface area contributed by atoms with Gasteiger partial charge in [0.1, 0.15) is 0 Å². The molecule has 0 bridgehead atoms. The van der Waals surface area contributed by atoms with Crippen molar-refractivity contribution >= 4 is 15.5 Å². The first-order valence-electron chi connectivity index (χ1n) is 7.04. The number of anilines is 1. The Morgan fingerprint density at radius 1 is 1.35 bits per heavy atom. The lowest BCUT2D eigenvalue weighted by molar-refractivity contribution is 0.0566. The van der Waals surface area contributed by atoms with Crippen LogP contribution in [0.15, 0.2) is 29.2 Å². The summed E-state index contributed by atoms with van der Waals surface area (Å²) in [5, 5.41) is 3.29. The molecule has 2 rings (SSSR count). The van der Waals surface area contributed by atoms with Crippen LogP contribution >= 0.6 is 0 Å². The van der Waals surface area contributed by atoms with Gasteiger partial charge in [0.05, 0.1) is 16.7 Å². The molecule has 1 heterocycles. The van der Waals surface area contributed by atoms with Gasteiger partial charge in [-0.25, -0.2) is 8.42 Å². The minimum atomic E-state index is -3.20. The third kappa shape index (κ3) is 3.52. The highest BCUT2D eigenvalue weighted by Gasteiger charge is 2.30. The van der Waals surface area contributed by atoms with Crippen molar-refractivity contribution in [2.75, 3.05) is 24.7 Å². The standard InChI is InChI=1S/C15H23NO3S/c1-11(2)15-12(8-9-19-15)10-16-13-6-4-5-7-14(13)20(3,17)18/h4-7,11-12,15-16H,8-10H2,1-3H3/t12-,15-/m1/s1. The molecule has 0 spiro atoms. The van der Waals surface area contributed by atoms with E-state index in [1.54, 1.807) is 12.1 Å². The molecular formula is C15H23NO3S. The van der Waals surface area contributed by atoms with Crippen LogP contribution in [0.5, 0.6) is 0 Å². The molecule has 4 nitrogen and oxygen atoms in total. The fourth-order valence-corrected chi connectivity index (χ4v) is 3.65. The molecular weight excluding hydrogens is 274 g/mol. The van der Waals surface area contributed by atoms with E-state index in [0.29, 0.717) is 22.4 Å². The van der Waals surface area contributed by atoms with Crippen LogP contribution in [0.4, 0.5) is 5.69 Å². The summed E-state index contributed by atoms with van der Waals surface area (Å²) in [6, 6.07) is 7.05. The van der Waals surface area contributed by atoms with E-state index in [9.17, 15) is 8.42 Å². The van der Waals surface area contributed by atoms with E-state index < -0.39 is 9.84 Å². The molecule has 1 N–H and O–H groups in total. The summed E-state index contributed by atoms with van der Waals surface area (Å²) in [5.41, 5.74) is 0.685. The molecule has 112 valence electrons. The number of hydrogen-bond donors (Lipinski definition) is 1. The minimum Gasteiger partial charge on any atom is -0.384 e. The average molecular weight is 297 g/mol. The van der Waals surface area contributed by atoms with E-state index in [-0.39, 0.29) is 6.10 Å². The van der Waals surface area contributed by atoms with Crippen molar-refractivity contribution in [3.05, 3.63) is 24.3 Å². The number of nitrogens with one attached hydrogen (secondary N) is 1. The molecule has 1 aliphatic rings. The minimum absolute atomic E-state index is 0.257. The Labute approximate surface area is 121 Å². The molecule has 0 amide bonds. The van der Waals surface area contributed by atoms with Gasteiger partial charge in [-0.2, -0.15) is 0 Å². The molecule has 0 saturated carbocycles. The molecule has 1 fully saturated rings. The van der Waals surface area contributed by atoms with Gasteiger partial charge in [0.15, 0.2) is 9.84 Å². The topological polar surface area (TPSA) is 55.4 Å². The second-order valence-corrected chi connectivity index (χ2v) is 7.76. The van der Waals surface area contributed by atoms with Crippen molar-refractivity contribution < 1.29 is 13.2 Å². The predicted molar refractivity (Wildman–Crippen MR) is 80.7 cm³/mol. The lowest BCUT2D eigenvalue weighted by Gasteiger charge is -2.23. The molecule has 0 aromatic heterocycles. The molecule has 2 atom stereocenters. The van der Waals surface area contributed by atoms with Crippen LogP contribution in [0.1, 0.15) is 20.3 Å². The zero-order valence-corrected chi connectivity index (χ0v) is 13.1. The smallest absolute Gasteiger partial charge is 0.177 e. The Kier molecular flexibility index (Phi) is 4.70. The van der Waals surface area contributed by atoms with Gasteiger partial charge in [-0.15, -0.1) is 0 Å². The number of ether oxygens (including phenoxy) is 1. The molecule has 20 heavy (non-hydrogen) atoms. The number of benzene rings is 1. The van der Waals surface area contributed by atoms with Gasteiger partial charge < -0.3 is 10.1 Å². The quantitative estimate of drug-likeness (QED) is 0.907. The Bertz CT molecular complexity index is 554. The van der Waals surface area contributed by atoms with Gasteiger partial charge in [-0.3, -0.25) is 0 Å². The van der Waals surface area contributed by atoms with E-state index in [1.807, 2.05) is 12.1 Å². The van der Waals surface area contributed by atoms with Crippen molar-refractivity contribution in [2.24, 2.45) is 11.8 Å². The summed E-state index contributed by atoms with van der Waals surface area (Å²) in [4.78, 5) is 0.361. The third-order valence-electron chi connectivity index (χ3n) is 3.76. The molecule has 0 aliphatic carbocycles. The largest absolute Gasteiger partial charge is 0.384 e. The fraction of sp³-hybridized carbons (Fsp3) is 0.600. The zero-order chi connectivity index (χ0) is 14.8. The van der Waals surface area contributed by atoms with Crippen LogP contribution < -0.4 is 5.32 Å². The van der Waals surface area contributed by atoms with E-state index in [1.165, 1.54) is 6.26 Å². The van der Waals surface area contributed by atoms with Crippen molar-refractivity contribution in [1.82, 2.24) is 0 Å². The van der Waals surface area contributed by atoms with Crippen LogP contribution in [0.3, 0.4) is 0 Å². The van der Waals surface area contributed by atoms with Crippen molar-refractivity contribution in [3.8, 4) is 0 Å². The van der Waals surface area contributed by atoms with E-state index in [4.69, 9.17) is 4.74 Å². The van der Waals surface area contributed by atoms with E-state index >= 15 is 0 Å². The van der Waals surface area contributed by atoms with Crippen LogP contribution in [0.25, 0.3) is 0 Å². The van der Waals surface area contributed by atoms with Gasteiger partial charge in [-0.1, -0.05) is 26.0 Å². The van der Waals surface area contributed by atoms with Crippen molar-refractivity contribution in [2.45, 2.75) is 31.3 Å². The molecule has 1 aromatic carbocycles. The lowest BCUT2D eigenvalue weighted by Crippen LogP contribution is -2.28. The van der Waals surface area contributed by atoms with Gasteiger partial charge in [0.2, 0.25) is 0 Å². The molecule has 1 saturated heterocycles. The number of para-hydroxylation sites is 1. The second kappa shape index (κ2) is 6.14. The maximum absolute atomic E-state index is 11.8. The first kappa shape index (κ1) is 15.3. The first-order chi connectivity index (χ1) is 9.39. The fourth-order valence-electron chi connectivity index (χ4n) is 2.79.